The van der Waals surface area contributed by atoms with E-state index in [4.69, 9.17) is 23.2 Å². The standard InChI is InChI=1S/C10H12Cl2FN/c1-3-8(6(2)11)10-9(13)4-7(12)5-14-10/h4-6,8H,3H2,1-2H3. The highest BCUT2D eigenvalue weighted by Gasteiger charge is 2.20. The largest absolute Gasteiger partial charge is 0.256 e. The predicted molar refractivity (Wildman–Crippen MR) is 57.6 cm³/mol. The number of halogens is 3. The van der Waals surface area contributed by atoms with Gasteiger partial charge in [-0.2, -0.15) is 0 Å². The number of alkyl halides is 1. The Kier molecular flexibility index (Phi) is 4.14. The van der Waals surface area contributed by atoms with Crippen molar-refractivity contribution < 1.29 is 4.39 Å². The van der Waals surface area contributed by atoms with E-state index in [0.717, 1.165) is 6.42 Å². The van der Waals surface area contributed by atoms with Gasteiger partial charge in [0, 0.05) is 17.5 Å². The molecule has 0 aliphatic heterocycles. The molecule has 0 amide bonds. The van der Waals surface area contributed by atoms with Crippen LogP contribution in [0.1, 0.15) is 31.9 Å². The summed E-state index contributed by atoms with van der Waals surface area (Å²) in [4.78, 5) is 3.98. The van der Waals surface area contributed by atoms with Gasteiger partial charge in [-0.3, -0.25) is 4.98 Å². The molecule has 0 fully saturated rings. The molecule has 1 nitrogen and oxygen atoms in total. The molecule has 0 aliphatic rings. The summed E-state index contributed by atoms with van der Waals surface area (Å²) >= 11 is 11.6. The third-order valence-electron chi connectivity index (χ3n) is 2.18. The Morgan fingerprint density at radius 1 is 1.57 bits per heavy atom. The van der Waals surface area contributed by atoms with Crippen molar-refractivity contribution in [1.82, 2.24) is 4.98 Å². The summed E-state index contributed by atoms with van der Waals surface area (Å²) in [7, 11) is 0. The number of pyridine rings is 1. The number of nitrogens with zero attached hydrogens (tertiary/aromatic N) is 1. The molecule has 0 N–H and O–H groups in total. The van der Waals surface area contributed by atoms with E-state index in [1.807, 2.05) is 13.8 Å². The molecule has 14 heavy (non-hydrogen) atoms. The third kappa shape index (κ3) is 2.58. The summed E-state index contributed by atoms with van der Waals surface area (Å²) in [6.45, 7) is 3.80. The summed E-state index contributed by atoms with van der Waals surface area (Å²) in [5.41, 5.74) is 0.402. The first-order valence-corrected chi connectivity index (χ1v) is 5.32. The lowest BCUT2D eigenvalue weighted by atomic mass is 9.98. The average Bonchev–Trinajstić information content (AvgIpc) is 2.09. The molecule has 0 saturated carbocycles. The zero-order valence-electron chi connectivity index (χ0n) is 8.10. The second-order valence-corrected chi connectivity index (χ2v) is 4.34. The number of aromatic nitrogens is 1. The summed E-state index contributed by atoms with van der Waals surface area (Å²) < 4.78 is 13.4. The number of hydrogen-bond acceptors (Lipinski definition) is 1. The predicted octanol–water partition coefficient (Wildman–Crippen LogP) is 4.00. The average molecular weight is 236 g/mol. The SMILES string of the molecule is CCC(c1ncc(Cl)cc1F)C(C)Cl. The summed E-state index contributed by atoms with van der Waals surface area (Å²) in [5, 5.41) is 0.173. The van der Waals surface area contributed by atoms with Crippen LogP contribution < -0.4 is 0 Å². The Morgan fingerprint density at radius 3 is 2.64 bits per heavy atom. The van der Waals surface area contributed by atoms with Gasteiger partial charge < -0.3 is 0 Å². The molecule has 1 heterocycles. The molecular formula is C10H12Cl2FN. The van der Waals surface area contributed by atoms with Crippen molar-refractivity contribution in [2.45, 2.75) is 31.6 Å². The van der Waals surface area contributed by atoms with Crippen LogP contribution in [-0.2, 0) is 0 Å². The highest BCUT2D eigenvalue weighted by atomic mass is 35.5. The van der Waals surface area contributed by atoms with Crippen LogP contribution in [0.4, 0.5) is 4.39 Å². The summed E-state index contributed by atoms with van der Waals surface area (Å²) in [6.07, 6.45) is 2.21. The monoisotopic (exact) mass is 235 g/mol. The van der Waals surface area contributed by atoms with E-state index in [1.54, 1.807) is 0 Å². The molecule has 1 aromatic heterocycles. The normalized spacial score (nSPS) is 15.2. The van der Waals surface area contributed by atoms with Crippen molar-refractivity contribution in [3.63, 3.8) is 0 Å². The second kappa shape index (κ2) is 4.94. The van der Waals surface area contributed by atoms with E-state index >= 15 is 0 Å². The van der Waals surface area contributed by atoms with Gasteiger partial charge in [-0.25, -0.2) is 4.39 Å². The van der Waals surface area contributed by atoms with Crippen LogP contribution in [0.5, 0.6) is 0 Å². The Balaban J connectivity index is 3.04. The van der Waals surface area contributed by atoms with E-state index < -0.39 is 0 Å². The van der Waals surface area contributed by atoms with Gasteiger partial charge >= 0.3 is 0 Å². The van der Waals surface area contributed by atoms with Crippen LogP contribution in [0.25, 0.3) is 0 Å². The minimum absolute atomic E-state index is 0.0612. The van der Waals surface area contributed by atoms with Crippen molar-refractivity contribution in [1.29, 1.82) is 0 Å². The van der Waals surface area contributed by atoms with E-state index in [-0.39, 0.29) is 17.1 Å². The van der Waals surface area contributed by atoms with E-state index in [0.29, 0.717) is 10.7 Å². The molecule has 2 atom stereocenters. The van der Waals surface area contributed by atoms with Crippen LogP contribution in [0.2, 0.25) is 5.02 Å². The van der Waals surface area contributed by atoms with Crippen molar-refractivity contribution in [3.05, 3.63) is 28.8 Å². The molecule has 0 radical (unpaired) electrons. The summed E-state index contributed by atoms with van der Waals surface area (Å²) in [5.74, 6) is -0.439. The zero-order valence-corrected chi connectivity index (χ0v) is 9.61. The van der Waals surface area contributed by atoms with Crippen LogP contribution in [0, 0.1) is 5.82 Å². The van der Waals surface area contributed by atoms with Crippen molar-refractivity contribution >= 4 is 23.2 Å². The first-order chi connectivity index (χ1) is 6.56. The maximum Gasteiger partial charge on any atom is 0.146 e. The molecule has 2 unspecified atom stereocenters. The van der Waals surface area contributed by atoms with Gasteiger partial charge in [-0.15, -0.1) is 11.6 Å². The fourth-order valence-electron chi connectivity index (χ4n) is 1.43. The molecule has 1 aromatic rings. The Labute approximate surface area is 93.2 Å². The lowest BCUT2D eigenvalue weighted by Gasteiger charge is -2.17. The van der Waals surface area contributed by atoms with Crippen LogP contribution in [0.15, 0.2) is 12.3 Å². The van der Waals surface area contributed by atoms with E-state index in [9.17, 15) is 4.39 Å². The molecule has 0 aliphatic carbocycles. The quantitative estimate of drug-likeness (QED) is 0.723. The molecule has 0 saturated heterocycles. The zero-order chi connectivity index (χ0) is 10.7. The fourth-order valence-corrected chi connectivity index (χ4v) is 1.88. The minimum Gasteiger partial charge on any atom is -0.256 e. The van der Waals surface area contributed by atoms with Crippen molar-refractivity contribution in [3.8, 4) is 0 Å². The molecule has 1 rings (SSSR count). The van der Waals surface area contributed by atoms with Gasteiger partial charge in [-0.05, 0) is 19.4 Å². The Hall–Kier alpha value is -0.340. The van der Waals surface area contributed by atoms with Gasteiger partial charge in [-0.1, -0.05) is 18.5 Å². The lowest BCUT2D eigenvalue weighted by molar-refractivity contribution is 0.544. The molecule has 0 spiro atoms. The summed E-state index contributed by atoms with van der Waals surface area (Å²) in [6, 6.07) is 1.27. The fraction of sp³-hybridized carbons (Fsp3) is 0.500. The highest BCUT2D eigenvalue weighted by Crippen LogP contribution is 2.28. The molecule has 4 heteroatoms. The topological polar surface area (TPSA) is 12.9 Å². The molecular weight excluding hydrogens is 224 g/mol. The maximum absolute atomic E-state index is 13.4. The Bertz CT molecular complexity index is 315. The second-order valence-electron chi connectivity index (χ2n) is 3.21. The first kappa shape index (κ1) is 11.7. The molecule has 0 aromatic carbocycles. The van der Waals surface area contributed by atoms with Gasteiger partial charge in [0.05, 0.1) is 10.7 Å². The number of hydrogen-bond donors (Lipinski definition) is 0. The van der Waals surface area contributed by atoms with Crippen LogP contribution >= 0.6 is 23.2 Å². The number of rotatable bonds is 3. The Morgan fingerprint density at radius 2 is 2.21 bits per heavy atom. The van der Waals surface area contributed by atoms with Gasteiger partial charge in [0.2, 0.25) is 0 Å². The van der Waals surface area contributed by atoms with E-state index in [2.05, 4.69) is 4.98 Å². The minimum atomic E-state index is -0.378. The molecule has 0 bridgehead atoms. The smallest absolute Gasteiger partial charge is 0.146 e. The molecule has 78 valence electrons. The maximum atomic E-state index is 13.4. The van der Waals surface area contributed by atoms with Crippen LogP contribution in [0.3, 0.4) is 0 Å². The van der Waals surface area contributed by atoms with Gasteiger partial charge in [0.1, 0.15) is 5.82 Å². The van der Waals surface area contributed by atoms with Crippen molar-refractivity contribution in [2.75, 3.05) is 0 Å². The lowest BCUT2D eigenvalue weighted by Crippen LogP contribution is -2.12. The highest BCUT2D eigenvalue weighted by molar-refractivity contribution is 6.30. The third-order valence-corrected chi connectivity index (χ3v) is 2.69. The first-order valence-electron chi connectivity index (χ1n) is 4.51. The van der Waals surface area contributed by atoms with Crippen molar-refractivity contribution in [2.24, 2.45) is 0 Å². The van der Waals surface area contributed by atoms with Gasteiger partial charge in [0.15, 0.2) is 0 Å². The van der Waals surface area contributed by atoms with Crippen LogP contribution in [-0.4, -0.2) is 10.4 Å². The van der Waals surface area contributed by atoms with E-state index in [1.165, 1.54) is 12.3 Å². The van der Waals surface area contributed by atoms with Gasteiger partial charge in [0.25, 0.3) is 0 Å².